The van der Waals surface area contributed by atoms with E-state index in [2.05, 4.69) is 15.6 Å². The van der Waals surface area contributed by atoms with E-state index in [-0.39, 0.29) is 0 Å². The molecule has 0 radical (unpaired) electrons. The lowest BCUT2D eigenvalue weighted by molar-refractivity contribution is -0.136. The SMILES string of the molecule is Cc1cc(C)cc(NC(=O)C(=O)NCCc2csc(-c3ccc(Cl)cc3)n2)c1. The monoisotopic (exact) mass is 413 g/mol. The molecule has 2 amide bonds. The second-order valence-electron chi connectivity index (χ2n) is 6.49. The number of hydrogen-bond donors (Lipinski definition) is 2. The van der Waals surface area contributed by atoms with Gasteiger partial charge >= 0.3 is 11.8 Å². The van der Waals surface area contributed by atoms with Gasteiger partial charge in [-0.3, -0.25) is 9.59 Å². The van der Waals surface area contributed by atoms with Gasteiger partial charge in [0, 0.05) is 34.6 Å². The Morgan fingerprint density at radius 2 is 1.71 bits per heavy atom. The summed E-state index contributed by atoms with van der Waals surface area (Å²) in [6, 6.07) is 13.1. The average molecular weight is 414 g/mol. The Balaban J connectivity index is 1.50. The highest BCUT2D eigenvalue weighted by atomic mass is 35.5. The summed E-state index contributed by atoms with van der Waals surface area (Å²) < 4.78 is 0. The van der Waals surface area contributed by atoms with Crippen LogP contribution in [-0.2, 0) is 16.0 Å². The van der Waals surface area contributed by atoms with Crippen LogP contribution in [0.2, 0.25) is 5.02 Å². The summed E-state index contributed by atoms with van der Waals surface area (Å²) in [5.74, 6) is -1.34. The number of aromatic nitrogens is 1. The number of rotatable bonds is 5. The number of hydrogen-bond acceptors (Lipinski definition) is 4. The number of nitrogens with one attached hydrogen (secondary N) is 2. The van der Waals surface area contributed by atoms with Gasteiger partial charge in [0.15, 0.2) is 0 Å². The zero-order valence-electron chi connectivity index (χ0n) is 15.6. The van der Waals surface area contributed by atoms with Gasteiger partial charge in [-0.05, 0) is 49.2 Å². The van der Waals surface area contributed by atoms with Gasteiger partial charge in [0.2, 0.25) is 0 Å². The summed E-state index contributed by atoms with van der Waals surface area (Å²) in [7, 11) is 0. The molecule has 0 atom stereocenters. The number of nitrogens with zero attached hydrogens (tertiary/aromatic N) is 1. The fourth-order valence-electron chi connectivity index (χ4n) is 2.77. The average Bonchev–Trinajstić information content (AvgIpc) is 3.10. The van der Waals surface area contributed by atoms with Crippen molar-refractivity contribution < 1.29 is 9.59 Å². The summed E-state index contributed by atoms with van der Waals surface area (Å²) in [6.07, 6.45) is 0.548. The Morgan fingerprint density at radius 3 is 2.39 bits per heavy atom. The molecule has 0 spiro atoms. The van der Waals surface area contributed by atoms with Crippen LogP contribution in [0.5, 0.6) is 0 Å². The van der Waals surface area contributed by atoms with Gasteiger partial charge in [-0.25, -0.2) is 4.98 Å². The number of thiazole rings is 1. The Labute approximate surface area is 172 Å². The van der Waals surface area contributed by atoms with Crippen LogP contribution < -0.4 is 10.6 Å². The molecule has 0 aliphatic rings. The van der Waals surface area contributed by atoms with Gasteiger partial charge in [0.05, 0.1) is 5.69 Å². The first kappa shape index (κ1) is 20.0. The minimum atomic E-state index is -0.676. The minimum Gasteiger partial charge on any atom is -0.347 e. The molecule has 0 aliphatic carbocycles. The van der Waals surface area contributed by atoms with Crippen LogP contribution in [0.4, 0.5) is 5.69 Å². The molecule has 1 aromatic heterocycles. The third-order valence-electron chi connectivity index (χ3n) is 4.00. The highest BCUT2D eigenvalue weighted by Gasteiger charge is 2.14. The number of anilines is 1. The molecule has 0 saturated heterocycles. The first-order valence-electron chi connectivity index (χ1n) is 8.78. The van der Waals surface area contributed by atoms with Crippen molar-refractivity contribution in [3.8, 4) is 10.6 Å². The highest BCUT2D eigenvalue weighted by molar-refractivity contribution is 7.13. The standard InChI is InChI=1S/C21H20ClN3O2S/c1-13-9-14(2)11-18(10-13)24-20(27)19(26)23-8-7-17-12-28-21(25-17)15-3-5-16(22)6-4-15/h3-6,9-12H,7-8H2,1-2H3,(H,23,26)(H,24,27). The Bertz CT molecular complexity index is 979. The van der Waals surface area contributed by atoms with Gasteiger partial charge in [0.1, 0.15) is 5.01 Å². The normalized spacial score (nSPS) is 10.5. The molecule has 2 aromatic carbocycles. The van der Waals surface area contributed by atoms with Gasteiger partial charge in [-0.1, -0.05) is 29.8 Å². The van der Waals surface area contributed by atoms with E-state index in [0.29, 0.717) is 23.7 Å². The smallest absolute Gasteiger partial charge is 0.313 e. The first-order chi connectivity index (χ1) is 13.4. The second-order valence-corrected chi connectivity index (χ2v) is 7.78. The number of carbonyl (C=O) groups excluding carboxylic acids is 2. The van der Waals surface area contributed by atoms with Crippen molar-refractivity contribution in [3.05, 3.63) is 69.7 Å². The van der Waals surface area contributed by atoms with E-state index in [1.807, 2.05) is 61.7 Å². The Hall–Kier alpha value is -2.70. The van der Waals surface area contributed by atoms with Crippen LogP contribution in [-0.4, -0.2) is 23.3 Å². The predicted molar refractivity (Wildman–Crippen MR) is 114 cm³/mol. The lowest BCUT2D eigenvalue weighted by Crippen LogP contribution is -2.36. The van der Waals surface area contributed by atoms with Gasteiger partial charge in [-0.15, -0.1) is 11.3 Å². The largest absolute Gasteiger partial charge is 0.347 e. The van der Waals surface area contributed by atoms with Crippen LogP contribution in [0.15, 0.2) is 47.8 Å². The van der Waals surface area contributed by atoms with Crippen LogP contribution >= 0.6 is 22.9 Å². The van der Waals surface area contributed by atoms with Crippen LogP contribution in [0.3, 0.4) is 0 Å². The molecule has 0 fully saturated rings. The topological polar surface area (TPSA) is 71.1 Å². The zero-order chi connectivity index (χ0) is 20.1. The van der Waals surface area contributed by atoms with Crippen molar-refractivity contribution in [3.63, 3.8) is 0 Å². The van der Waals surface area contributed by atoms with Crippen LogP contribution in [0.25, 0.3) is 10.6 Å². The van der Waals surface area contributed by atoms with E-state index in [1.54, 1.807) is 0 Å². The number of aryl methyl sites for hydroxylation is 2. The third kappa shape index (κ3) is 5.41. The molecular formula is C21H20ClN3O2S. The quantitative estimate of drug-likeness (QED) is 0.610. The summed E-state index contributed by atoms with van der Waals surface area (Å²) in [6.45, 7) is 4.21. The molecule has 0 saturated carbocycles. The maximum Gasteiger partial charge on any atom is 0.313 e. The summed E-state index contributed by atoms with van der Waals surface area (Å²) in [4.78, 5) is 28.6. The Kier molecular flexibility index (Phi) is 6.44. The summed E-state index contributed by atoms with van der Waals surface area (Å²) in [5, 5.41) is 8.79. The van der Waals surface area contributed by atoms with Gasteiger partial charge < -0.3 is 10.6 Å². The summed E-state index contributed by atoms with van der Waals surface area (Å²) in [5.41, 5.74) is 4.53. The fourth-order valence-corrected chi connectivity index (χ4v) is 3.75. The molecular weight excluding hydrogens is 394 g/mol. The van der Waals surface area contributed by atoms with Crippen molar-refractivity contribution in [2.75, 3.05) is 11.9 Å². The van der Waals surface area contributed by atoms with Crippen molar-refractivity contribution in [1.29, 1.82) is 0 Å². The lowest BCUT2D eigenvalue weighted by Gasteiger charge is -2.08. The molecule has 28 heavy (non-hydrogen) atoms. The van der Waals surface area contributed by atoms with Crippen molar-refractivity contribution in [1.82, 2.24) is 10.3 Å². The van der Waals surface area contributed by atoms with Crippen LogP contribution in [0, 0.1) is 13.8 Å². The van der Waals surface area contributed by atoms with Gasteiger partial charge in [-0.2, -0.15) is 0 Å². The zero-order valence-corrected chi connectivity index (χ0v) is 17.2. The van der Waals surface area contributed by atoms with E-state index in [0.717, 1.165) is 27.4 Å². The van der Waals surface area contributed by atoms with Crippen molar-refractivity contribution >= 4 is 40.4 Å². The number of halogens is 1. The first-order valence-corrected chi connectivity index (χ1v) is 10.0. The van der Waals surface area contributed by atoms with Crippen molar-refractivity contribution in [2.24, 2.45) is 0 Å². The third-order valence-corrected chi connectivity index (χ3v) is 5.19. The molecule has 144 valence electrons. The molecule has 3 aromatic rings. The molecule has 1 heterocycles. The molecule has 2 N–H and O–H groups in total. The number of benzene rings is 2. The maximum atomic E-state index is 12.0. The van der Waals surface area contributed by atoms with E-state index >= 15 is 0 Å². The lowest BCUT2D eigenvalue weighted by atomic mass is 10.1. The number of amides is 2. The molecule has 5 nitrogen and oxygen atoms in total. The summed E-state index contributed by atoms with van der Waals surface area (Å²) >= 11 is 7.44. The minimum absolute atomic E-state index is 0.336. The predicted octanol–water partition coefficient (Wildman–Crippen LogP) is 4.38. The molecule has 7 heteroatoms. The molecule has 3 rings (SSSR count). The molecule has 0 aliphatic heterocycles. The highest BCUT2D eigenvalue weighted by Crippen LogP contribution is 2.25. The molecule has 0 unspecified atom stereocenters. The Morgan fingerprint density at radius 1 is 1.04 bits per heavy atom. The maximum absolute atomic E-state index is 12.0. The van der Waals surface area contributed by atoms with Crippen LogP contribution in [0.1, 0.15) is 16.8 Å². The van der Waals surface area contributed by atoms with E-state index < -0.39 is 11.8 Å². The number of carbonyl (C=O) groups is 2. The van der Waals surface area contributed by atoms with E-state index in [1.165, 1.54) is 11.3 Å². The fraction of sp³-hybridized carbons (Fsp3) is 0.190. The van der Waals surface area contributed by atoms with Crippen molar-refractivity contribution in [2.45, 2.75) is 20.3 Å². The van der Waals surface area contributed by atoms with E-state index in [9.17, 15) is 9.59 Å². The second kappa shape index (κ2) is 8.99. The van der Waals surface area contributed by atoms with Gasteiger partial charge in [0.25, 0.3) is 0 Å². The van der Waals surface area contributed by atoms with E-state index in [4.69, 9.17) is 11.6 Å². The molecule has 0 bridgehead atoms.